The van der Waals surface area contributed by atoms with Gasteiger partial charge in [0, 0.05) is 18.7 Å². The minimum Gasteiger partial charge on any atom is -0.490 e. The molecular formula is C24H26N2O3. The lowest BCUT2D eigenvalue weighted by molar-refractivity contribution is 0.0704. The van der Waals surface area contributed by atoms with Gasteiger partial charge >= 0.3 is 0 Å². The number of piperidine rings is 1. The molecule has 1 N–H and O–H groups in total. The fourth-order valence-electron chi connectivity index (χ4n) is 4.47. The van der Waals surface area contributed by atoms with E-state index in [4.69, 9.17) is 9.15 Å². The maximum atomic E-state index is 13.3. The molecule has 0 aliphatic carbocycles. The molecule has 3 heterocycles. The molecule has 2 aromatic carbocycles. The Morgan fingerprint density at radius 2 is 1.90 bits per heavy atom. The molecule has 0 unspecified atom stereocenters. The minimum atomic E-state index is -0.0407. The van der Waals surface area contributed by atoms with Crippen molar-refractivity contribution in [1.82, 2.24) is 10.2 Å². The van der Waals surface area contributed by atoms with E-state index in [0.717, 1.165) is 54.6 Å². The van der Waals surface area contributed by atoms with Crippen molar-refractivity contribution in [3.8, 4) is 5.75 Å². The third-order valence-electron chi connectivity index (χ3n) is 6.11. The Labute approximate surface area is 170 Å². The molecule has 29 heavy (non-hydrogen) atoms. The second-order valence-electron chi connectivity index (χ2n) is 8.00. The van der Waals surface area contributed by atoms with Crippen LogP contribution in [-0.4, -0.2) is 36.5 Å². The van der Waals surface area contributed by atoms with Gasteiger partial charge in [-0.1, -0.05) is 30.3 Å². The average molecular weight is 390 g/mol. The maximum absolute atomic E-state index is 13.3. The third kappa shape index (κ3) is 3.40. The fraction of sp³-hybridized carbons (Fsp3) is 0.375. The Bertz CT molecular complexity index is 1050. The number of hydrogen-bond donors (Lipinski definition) is 1. The van der Waals surface area contributed by atoms with Crippen LogP contribution in [0, 0.1) is 6.92 Å². The van der Waals surface area contributed by atoms with Crippen LogP contribution in [0.4, 0.5) is 0 Å². The lowest BCUT2D eigenvalue weighted by atomic mass is 9.99. The number of ether oxygens (including phenoxy) is 1. The SMILES string of the molecule is Cc1c(C(=O)N2CCc3ccccc3C2)oc2cccc(OC3CCNCC3)c12. The summed E-state index contributed by atoms with van der Waals surface area (Å²) in [5.41, 5.74) is 4.13. The topological polar surface area (TPSA) is 54.7 Å². The van der Waals surface area contributed by atoms with Crippen molar-refractivity contribution >= 4 is 16.9 Å². The number of hydrogen-bond acceptors (Lipinski definition) is 4. The van der Waals surface area contributed by atoms with Crippen LogP contribution in [0.15, 0.2) is 46.9 Å². The van der Waals surface area contributed by atoms with E-state index in [-0.39, 0.29) is 12.0 Å². The van der Waals surface area contributed by atoms with Gasteiger partial charge < -0.3 is 19.4 Å². The molecule has 1 aromatic heterocycles. The van der Waals surface area contributed by atoms with Gasteiger partial charge in [-0.3, -0.25) is 4.79 Å². The Hall–Kier alpha value is -2.79. The van der Waals surface area contributed by atoms with Crippen molar-refractivity contribution in [3.63, 3.8) is 0 Å². The van der Waals surface area contributed by atoms with E-state index in [1.807, 2.05) is 36.1 Å². The number of furan rings is 1. The van der Waals surface area contributed by atoms with Crippen LogP contribution in [0.2, 0.25) is 0 Å². The number of nitrogens with zero attached hydrogens (tertiary/aromatic N) is 1. The predicted molar refractivity (Wildman–Crippen MR) is 112 cm³/mol. The summed E-state index contributed by atoms with van der Waals surface area (Å²) in [5.74, 6) is 1.21. The Morgan fingerprint density at radius 3 is 2.72 bits per heavy atom. The first-order chi connectivity index (χ1) is 14.2. The highest BCUT2D eigenvalue weighted by atomic mass is 16.5. The van der Waals surface area contributed by atoms with Crippen LogP contribution in [0.3, 0.4) is 0 Å². The number of nitrogens with one attached hydrogen (secondary N) is 1. The lowest BCUT2D eigenvalue weighted by Crippen LogP contribution is -2.36. The van der Waals surface area contributed by atoms with Gasteiger partial charge in [-0.25, -0.2) is 0 Å². The highest BCUT2D eigenvalue weighted by molar-refractivity contribution is 6.00. The molecule has 3 aromatic rings. The molecule has 5 nitrogen and oxygen atoms in total. The molecular weight excluding hydrogens is 364 g/mol. The highest BCUT2D eigenvalue weighted by Gasteiger charge is 2.28. The van der Waals surface area contributed by atoms with Gasteiger partial charge in [-0.15, -0.1) is 0 Å². The standard InChI is InChI=1S/C24H26N2O3/c1-16-22-20(28-19-9-12-25-13-10-19)7-4-8-21(22)29-23(16)24(27)26-14-11-17-5-2-3-6-18(17)15-26/h2-8,19,25H,9-15H2,1H3. The van der Waals surface area contributed by atoms with Gasteiger partial charge in [0.25, 0.3) is 5.91 Å². The molecule has 0 bridgehead atoms. The van der Waals surface area contributed by atoms with Gasteiger partial charge in [0.05, 0.1) is 5.39 Å². The van der Waals surface area contributed by atoms with E-state index >= 15 is 0 Å². The first-order valence-electron chi connectivity index (χ1n) is 10.5. The zero-order valence-corrected chi connectivity index (χ0v) is 16.7. The molecule has 1 saturated heterocycles. The van der Waals surface area contributed by atoms with E-state index < -0.39 is 0 Å². The molecule has 0 spiro atoms. The van der Waals surface area contributed by atoms with E-state index in [9.17, 15) is 4.79 Å². The summed E-state index contributed by atoms with van der Waals surface area (Å²) >= 11 is 0. The number of carbonyl (C=O) groups excluding carboxylic acids is 1. The fourth-order valence-corrected chi connectivity index (χ4v) is 4.47. The van der Waals surface area contributed by atoms with Gasteiger partial charge in [0.1, 0.15) is 17.4 Å². The number of fused-ring (bicyclic) bond motifs is 2. The summed E-state index contributed by atoms with van der Waals surface area (Å²) < 4.78 is 12.4. The quantitative estimate of drug-likeness (QED) is 0.732. The van der Waals surface area contributed by atoms with E-state index in [0.29, 0.717) is 18.8 Å². The van der Waals surface area contributed by atoms with Crippen LogP contribution in [0.1, 0.15) is 40.1 Å². The summed E-state index contributed by atoms with van der Waals surface area (Å²) in [6.45, 7) is 5.26. The van der Waals surface area contributed by atoms with E-state index in [2.05, 4.69) is 23.5 Å². The van der Waals surface area contributed by atoms with Crippen LogP contribution >= 0.6 is 0 Å². The molecule has 2 aliphatic heterocycles. The second kappa shape index (κ2) is 7.56. The summed E-state index contributed by atoms with van der Waals surface area (Å²) in [4.78, 5) is 15.2. The molecule has 1 amide bonds. The monoisotopic (exact) mass is 390 g/mol. The normalized spacial score (nSPS) is 17.3. The largest absolute Gasteiger partial charge is 0.490 e. The van der Waals surface area contributed by atoms with Crippen molar-refractivity contribution in [3.05, 3.63) is 64.9 Å². The zero-order chi connectivity index (χ0) is 19.8. The molecule has 0 radical (unpaired) electrons. The second-order valence-corrected chi connectivity index (χ2v) is 8.00. The smallest absolute Gasteiger partial charge is 0.290 e. The summed E-state index contributed by atoms with van der Waals surface area (Å²) in [6.07, 6.45) is 3.07. The van der Waals surface area contributed by atoms with E-state index in [1.54, 1.807) is 0 Å². The molecule has 1 fully saturated rings. The number of aryl methyl sites for hydroxylation is 1. The first kappa shape index (κ1) is 18.3. The number of carbonyl (C=O) groups is 1. The van der Waals surface area contributed by atoms with Crippen molar-refractivity contribution in [1.29, 1.82) is 0 Å². The Morgan fingerprint density at radius 1 is 1.10 bits per heavy atom. The Balaban J connectivity index is 1.44. The molecule has 5 heteroatoms. The Kier molecular flexibility index (Phi) is 4.76. The van der Waals surface area contributed by atoms with Crippen molar-refractivity contribution in [2.45, 2.75) is 38.8 Å². The molecule has 150 valence electrons. The average Bonchev–Trinajstić information content (AvgIpc) is 3.11. The minimum absolute atomic E-state index is 0.0407. The predicted octanol–water partition coefficient (Wildman–Crippen LogP) is 4.07. The zero-order valence-electron chi connectivity index (χ0n) is 16.7. The van der Waals surface area contributed by atoms with Crippen LogP contribution < -0.4 is 10.1 Å². The van der Waals surface area contributed by atoms with E-state index in [1.165, 1.54) is 11.1 Å². The first-order valence-corrected chi connectivity index (χ1v) is 10.5. The molecule has 0 saturated carbocycles. The van der Waals surface area contributed by atoms with Gasteiger partial charge in [-0.2, -0.15) is 0 Å². The number of amides is 1. The lowest BCUT2D eigenvalue weighted by Gasteiger charge is -2.28. The van der Waals surface area contributed by atoms with Crippen molar-refractivity contribution in [2.24, 2.45) is 0 Å². The van der Waals surface area contributed by atoms with Gasteiger partial charge in [0.15, 0.2) is 5.76 Å². The number of rotatable bonds is 3. The van der Waals surface area contributed by atoms with Gasteiger partial charge in [-0.05, 0) is 62.5 Å². The summed E-state index contributed by atoms with van der Waals surface area (Å²) in [6, 6.07) is 14.2. The summed E-state index contributed by atoms with van der Waals surface area (Å²) in [7, 11) is 0. The van der Waals surface area contributed by atoms with Crippen molar-refractivity contribution < 1.29 is 13.9 Å². The van der Waals surface area contributed by atoms with Crippen molar-refractivity contribution in [2.75, 3.05) is 19.6 Å². The third-order valence-corrected chi connectivity index (χ3v) is 6.11. The van der Waals surface area contributed by atoms with Crippen LogP contribution in [-0.2, 0) is 13.0 Å². The molecule has 2 aliphatic rings. The molecule has 0 atom stereocenters. The highest BCUT2D eigenvalue weighted by Crippen LogP contribution is 2.35. The summed E-state index contributed by atoms with van der Waals surface area (Å²) in [5, 5.41) is 4.29. The van der Waals surface area contributed by atoms with Crippen LogP contribution in [0.5, 0.6) is 5.75 Å². The maximum Gasteiger partial charge on any atom is 0.290 e. The van der Waals surface area contributed by atoms with Gasteiger partial charge in [0.2, 0.25) is 0 Å². The van der Waals surface area contributed by atoms with Crippen LogP contribution in [0.25, 0.3) is 11.0 Å². The number of benzene rings is 2. The molecule has 5 rings (SSSR count).